The first-order valence-corrected chi connectivity index (χ1v) is 7.32. The molecule has 0 saturated carbocycles. The van der Waals surface area contributed by atoms with E-state index in [1.54, 1.807) is 0 Å². The van der Waals surface area contributed by atoms with Gasteiger partial charge in [0.15, 0.2) is 0 Å². The van der Waals surface area contributed by atoms with Crippen molar-refractivity contribution in [3.63, 3.8) is 0 Å². The topological polar surface area (TPSA) is 18.5 Å². The van der Waals surface area contributed by atoms with E-state index in [4.69, 9.17) is 9.47 Å². The lowest BCUT2D eigenvalue weighted by Gasteiger charge is -2.35. The van der Waals surface area contributed by atoms with E-state index in [9.17, 15) is 0 Å². The second-order valence-corrected chi connectivity index (χ2v) is 5.60. The fourth-order valence-corrected chi connectivity index (χ4v) is 2.60. The zero-order valence-corrected chi connectivity index (χ0v) is 12.8. The molecule has 0 saturated heterocycles. The van der Waals surface area contributed by atoms with Crippen molar-refractivity contribution in [2.75, 3.05) is 13.2 Å². The Balaban J connectivity index is 2.29. The van der Waals surface area contributed by atoms with E-state index in [0.29, 0.717) is 6.61 Å². The van der Waals surface area contributed by atoms with Crippen LogP contribution in [0.5, 0.6) is 5.75 Å². The monoisotopic (exact) mass is 272 g/mol. The van der Waals surface area contributed by atoms with Crippen molar-refractivity contribution in [2.45, 2.75) is 33.8 Å². The summed E-state index contributed by atoms with van der Waals surface area (Å²) in [5, 5.41) is 0. The van der Waals surface area contributed by atoms with Crippen LogP contribution in [0, 0.1) is 5.41 Å². The number of benzene rings is 1. The van der Waals surface area contributed by atoms with E-state index < -0.39 is 0 Å². The predicted octanol–water partition coefficient (Wildman–Crippen LogP) is 4.47. The molecule has 1 aliphatic carbocycles. The van der Waals surface area contributed by atoms with Crippen LogP contribution in [0.25, 0.3) is 5.57 Å². The molecule has 0 heterocycles. The Morgan fingerprint density at radius 3 is 2.35 bits per heavy atom. The maximum absolute atomic E-state index is 5.99. The average molecular weight is 272 g/mol. The highest BCUT2D eigenvalue weighted by Crippen LogP contribution is 2.38. The van der Waals surface area contributed by atoms with Crippen LogP contribution < -0.4 is 4.74 Å². The van der Waals surface area contributed by atoms with E-state index in [1.807, 2.05) is 26.0 Å². The highest BCUT2D eigenvalue weighted by atomic mass is 16.5. The SMILES string of the molecule is CCOc1ccc(C2=CC=CC(C)(C)C2OCC)cc1. The minimum atomic E-state index is 0.0126. The summed E-state index contributed by atoms with van der Waals surface area (Å²) in [5.41, 5.74) is 2.45. The van der Waals surface area contributed by atoms with Crippen molar-refractivity contribution >= 4 is 5.57 Å². The van der Waals surface area contributed by atoms with E-state index in [-0.39, 0.29) is 11.5 Å². The molecule has 0 aliphatic heterocycles. The van der Waals surface area contributed by atoms with Crippen molar-refractivity contribution in [1.82, 2.24) is 0 Å². The minimum absolute atomic E-state index is 0.0126. The zero-order valence-electron chi connectivity index (χ0n) is 12.8. The molecule has 108 valence electrons. The van der Waals surface area contributed by atoms with E-state index >= 15 is 0 Å². The van der Waals surface area contributed by atoms with Crippen molar-refractivity contribution in [3.05, 3.63) is 48.1 Å². The first kappa shape index (κ1) is 14.9. The van der Waals surface area contributed by atoms with Gasteiger partial charge in [-0.1, -0.05) is 44.2 Å². The summed E-state index contributed by atoms with van der Waals surface area (Å²) in [7, 11) is 0. The fourth-order valence-electron chi connectivity index (χ4n) is 2.60. The Kier molecular flexibility index (Phi) is 4.66. The van der Waals surface area contributed by atoms with Gasteiger partial charge in [-0.2, -0.15) is 0 Å². The molecule has 0 aromatic heterocycles. The zero-order chi connectivity index (χ0) is 14.6. The lowest BCUT2D eigenvalue weighted by Crippen LogP contribution is -2.33. The molecular weight excluding hydrogens is 248 g/mol. The summed E-state index contributed by atoms with van der Waals surface area (Å²) in [5.74, 6) is 0.912. The molecule has 1 aliphatic rings. The van der Waals surface area contributed by atoms with Gasteiger partial charge < -0.3 is 9.47 Å². The summed E-state index contributed by atoms with van der Waals surface area (Å²) in [6.07, 6.45) is 6.59. The molecule has 1 atom stereocenters. The molecule has 0 spiro atoms. The summed E-state index contributed by atoms with van der Waals surface area (Å²) in [6, 6.07) is 8.26. The van der Waals surface area contributed by atoms with Gasteiger partial charge in [0.05, 0.1) is 12.7 Å². The fraction of sp³-hybridized carbons (Fsp3) is 0.444. The smallest absolute Gasteiger partial charge is 0.119 e. The van der Waals surface area contributed by atoms with Gasteiger partial charge in [-0.3, -0.25) is 0 Å². The average Bonchev–Trinajstić information content (AvgIpc) is 2.42. The molecule has 0 N–H and O–H groups in total. The van der Waals surface area contributed by atoms with Crippen LogP contribution in [0.2, 0.25) is 0 Å². The number of hydrogen-bond acceptors (Lipinski definition) is 2. The van der Waals surface area contributed by atoms with Gasteiger partial charge in [0.2, 0.25) is 0 Å². The van der Waals surface area contributed by atoms with Gasteiger partial charge in [0.25, 0.3) is 0 Å². The highest BCUT2D eigenvalue weighted by Gasteiger charge is 2.33. The Labute approximate surface area is 122 Å². The third-order valence-electron chi connectivity index (χ3n) is 3.59. The lowest BCUT2D eigenvalue weighted by molar-refractivity contribution is 0.0416. The van der Waals surface area contributed by atoms with Crippen molar-refractivity contribution in [2.24, 2.45) is 5.41 Å². The van der Waals surface area contributed by atoms with Crippen LogP contribution >= 0.6 is 0 Å². The molecule has 1 aromatic rings. The molecule has 2 nitrogen and oxygen atoms in total. The van der Waals surface area contributed by atoms with Gasteiger partial charge in [-0.25, -0.2) is 0 Å². The van der Waals surface area contributed by atoms with Crippen molar-refractivity contribution in [3.8, 4) is 5.75 Å². The quantitative estimate of drug-likeness (QED) is 0.787. The van der Waals surface area contributed by atoms with E-state index in [1.165, 1.54) is 11.1 Å². The van der Waals surface area contributed by atoms with Crippen LogP contribution in [0.1, 0.15) is 33.3 Å². The Hall–Kier alpha value is -1.54. The van der Waals surface area contributed by atoms with Crippen LogP contribution in [0.15, 0.2) is 42.5 Å². The van der Waals surface area contributed by atoms with Crippen LogP contribution in [-0.4, -0.2) is 19.3 Å². The Morgan fingerprint density at radius 2 is 1.75 bits per heavy atom. The minimum Gasteiger partial charge on any atom is -0.494 e. The van der Waals surface area contributed by atoms with Crippen molar-refractivity contribution in [1.29, 1.82) is 0 Å². The number of hydrogen-bond donors (Lipinski definition) is 0. The molecule has 1 unspecified atom stereocenters. The van der Waals surface area contributed by atoms with Gasteiger partial charge in [0, 0.05) is 12.0 Å². The molecule has 2 rings (SSSR count). The van der Waals surface area contributed by atoms with E-state index in [0.717, 1.165) is 12.4 Å². The molecule has 1 aromatic carbocycles. The molecule has 20 heavy (non-hydrogen) atoms. The van der Waals surface area contributed by atoms with Gasteiger partial charge in [-0.15, -0.1) is 0 Å². The number of ether oxygens (including phenoxy) is 2. The molecule has 0 fully saturated rings. The Morgan fingerprint density at radius 1 is 1.05 bits per heavy atom. The molecular formula is C18H24O2. The summed E-state index contributed by atoms with van der Waals surface area (Å²) in [6.45, 7) is 9.88. The Bertz CT molecular complexity index is 495. The molecule has 2 heteroatoms. The van der Waals surface area contributed by atoms with Crippen LogP contribution in [0.4, 0.5) is 0 Å². The first-order chi connectivity index (χ1) is 9.58. The largest absolute Gasteiger partial charge is 0.494 e. The first-order valence-electron chi connectivity index (χ1n) is 7.32. The van der Waals surface area contributed by atoms with Crippen LogP contribution in [-0.2, 0) is 4.74 Å². The maximum atomic E-state index is 5.99. The molecule has 0 radical (unpaired) electrons. The second-order valence-electron chi connectivity index (χ2n) is 5.60. The van der Waals surface area contributed by atoms with Gasteiger partial charge in [0.1, 0.15) is 5.75 Å². The lowest BCUT2D eigenvalue weighted by atomic mass is 9.77. The normalized spacial score (nSPS) is 20.6. The second kappa shape index (κ2) is 6.27. The van der Waals surface area contributed by atoms with Gasteiger partial charge in [-0.05, 0) is 37.1 Å². The van der Waals surface area contributed by atoms with Crippen LogP contribution in [0.3, 0.4) is 0 Å². The summed E-state index contributed by atoms with van der Waals surface area (Å²) < 4.78 is 11.5. The maximum Gasteiger partial charge on any atom is 0.119 e. The summed E-state index contributed by atoms with van der Waals surface area (Å²) in [4.78, 5) is 0. The highest BCUT2D eigenvalue weighted by molar-refractivity contribution is 5.73. The predicted molar refractivity (Wildman–Crippen MR) is 83.9 cm³/mol. The van der Waals surface area contributed by atoms with Crippen molar-refractivity contribution < 1.29 is 9.47 Å². The number of rotatable bonds is 5. The van der Waals surface area contributed by atoms with E-state index in [2.05, 4.69) is 44.2 Å². The standard InChI is InChI=1S/C18H24O2/c1-5-19-15-11-9-14(10-12-15)16-8-7-13-18(3,4)17(16)20-6-2/h7-13,17H,5-6H2,1-4H3. The number of allylic oxidation sites excluding steroid dienone is 2. The third-order valence-corrected chi connectivity index (χ3v) is 3.59. The van der Waals surface area contributed by atoms with Gasteiger partial charge >= 0.3 is 0 Å². The third kappa shape index (κ3) is 3.13. The molecule has 0 bridgehead atoms. The summed E-state index contributed by atoms with van der Waals surface area (Å²) >= 11 is 0. The molecule has 0 amide bonds.